The lowest BCUT2D eigenvalue weighted by molar-refractivity contribution is 0.104. The molecule has 0 aliphatic heterocycles. The van der Waals surface area contributed by atoms with E-state index in [1.165, 1.54) is 0 Å². The van der Waals surface area contributed by atoms with Crippen molar-refractivity contribution < 1.29 is 19.0 Å². The molecule has 0 atom stereocenters. The number of hydrogen-bond acceptors (Lipinski definition) is 4. The number of rotatable bonds is 8. The normalized spacial score (nSPS) is 10.9. The Kier molecular flexibility index (Phi) is 6.40. The highest BCUT2D eigenvalue weighted by atomic mass is 16.5. The third-order valence-corrected chi connectivity index (χ3v) is 3.69. The maximum atomic E-state index is 12.5. The molecule has 0 aliphatic rings. The lowest BCUT2D eigenvalue weighted by atomic mass is 10.0. The van der Waals surface area contributed by atoms with Crippen LogP contribution in [0.5, 0.6) is 17.2 Å². The van der Waals surface area contributed by atoms with Crippen LogP contribution in [0.15, 0.2) is 61.2 Å². The van der Waals surface area contributed by atoms with E-state index in [1.54, 1.807) is 56.7 Å². The Balaban J connectivity index is 2.21. The summed E-state index contributed by atoms with van der Waals surface area (Å²) in [6.07, 6.45) is 3.28. The molecule has 0 saturated carbocycles. The SMILES string of the molecule is C=CCOc1ccc(C(=O)C=C(C)c2ccc(OC)cc2OC)cc1. The van der Waals surface area contributed by atoms with E-state index in [-0.39, 0.29) is 5.78 Å². The van der Waals surface area contributed by atoms with Gasteiger partial charge < -0.3 is 14.2 Å². The number of allylic oxidation sites excluding steroid dienone is 2. The summed E-state index contributed by atoms with van der Waals surface area (Å²) in [5, 5.41) is 0. The first kappa shape index (κ1) is 18.3. The molecule has 4 nitrogen and oxygen atoms in total. The van der Waals surface area contributed by atoms with E-state index in [2.05, 4.69) is 6.58 Å². The van der Waals surface area contributed by atoms with E-state index >= 15 is 0 Å². The number of hydrogen-bond donors (Lipinski definition) is 0. The van der Waals surface area contributed by atoms with Crippen LogP contribution < -0.4 is 14.2 Å². The Bertz CT molecular complexity index is 773. The van der Waals surface area contributed by atoms with Gasteiger partial charge in [-0.2, -0.15) is 0 Å². The minimum absolute atomic E-state index is 0.0781. The van der Waals surface area contributed by atoms with E-state index in [0.29, 0.717) is 29.4 Å². The van der Waals surface area contributed by atoms with Crippen molar-refractivity contribution in [3.8, 4) is 17.2 Å². The Labute approximate surface area is 148 Å². The Morgan fingerprint density at radius 2 is 1.72 bits per heavy atom. The van der Waals surface area contributed by atoms with Gasteiger partial charge in [0.2, 0.25) is 0 Å². The zero-order valence-electron chi connectivity index (χ0n) is 14.7. The van der Waals surface area contributed by atoms with Gasteiger partial charge in [-0.05, 0) is 55.0 Å². The molecule has 0 unspecified atom stereocenters. The van der Waals surface area contributed by atoms with Crippen LogP contribution in [0.1, 0.15) is 22.8 Å². The Morgan fingerprint density at radius 3 is 2.32 bits per heavy atom. The maximum Gasteiger partial charge on any atom is 0.186 e. The maximum absolute atomic E-state index is 12.5. The molecule has 2 aromatic carbocycles. The fraction of sp³-hybridized carbons (Fsp3) is 0.190. The summed E-state index contributed by atoms with van der Waals surface area (Å²) in [4.78, 5) is 12.5. The van der Waals surface area contributed by atoms with Crippen molar-refractivity contribution >= 4 is 11.4 Å². The zero-order chi connectivity index (χ0) is 18.2. The van der Waals surface area contributed by atoms with E-state index in [0.717, 1.165) is 11.1 Å². The Morgan fingerprint density at radius 1 is 1.04 bits per heavy atom. The first-order valence-electron chi connectivity index (χ1n) is 7.87. The average molecular weight is 338 g/mol. The molecule has 0 bridgehead atoms. The van der Waals surface area contributed by atoms with Gasteiger partial charge in [0.1, 0.15) is 23.9 Å². The highest BCUT2D eigenvalue weighted by molar-refractivity contribution is 6.08. The van der Waals surface area contributed by atoms with Crippen molar-refractivity contribution in [3.05, 3.63) is 72.3 Å². The molecular weight excluding hydrogens is 316 g/mol. The molecule has 0 aliphatic carbocycles. The van der Waals surface area contributed by atoms with Crippen LogP contribution in [0.25, 0.3) is 5.57 Å². The quantitative estimate of drug-likeness (QED) is 0.402. The summed E-state index contributed by atoms with van der Waals surface area (Å²) >= 11 is 0. The van der Waals surface area contributed by atoms with E-state index in [4.69, 9.17) is 14.2 Å². The van der Waals surface area contributed by atoms with Gasteiger partial charge in [-0.15, -0.1) is 0 Å². The van der Waals surface area contributed by atoms with Gasteiger partial charge in [-0.3, -0.25) is 4.79 Å². The number of ether oxygens (including phenoxy) is 3. The lowest BCUT2D eigenvalue weighted by Gasteiger charge is -2.11. The molecule has 2 rings (SSSR count). The topological polar surface area (TPSA) is 44.8 Å². The van der Waals surface area contributed by atoms with E-state index in [9.17, 15) is 4.79 Å². The molecule has 0 fully saturated rings. The van der Waals surface area contributed by atoms with Crippen molar-refractivity contribution in [2.75, 3.05) is 20.8 Å². The van der Waals surface area contributed by atoms with Gasteiger partial charge in [-0.25, -0.2) is 0 Å². The number of carbonyl (C=O) groups excluding carboxylic acids is 1. The fourth-order valence-corrected chi connectivity index (χ4v) is 2.35. The molecule has 0 N–H and O–H groups in total. The number of ketones is 1. The highest BCUT2D eigenvalue weighted by Crippen LogP contribution is 2.30. The summed E-state index contributed by atoms with van der Waals surface area (Å²) in [6.45, 7) is 5.92. The summed E-state index contributed by atoms with van der Waals surface area (Å²) in [6, 6.07) is 12.5. The second-order valence-corrected chi connectivity index (χ2v) is 5.38. The van der Waals surface area contributed by atoms with Crippen molar-refractivity contribution in [1.29, 1.82) is 0 Å². The molecule has 130 valence electrons. The van der Waals surface area contributed by atoms with Crippen LogP contribution >= 0.6 is 0 Å². The van der Waals surface area contributed by atoms with Crippen LogP contribution in [-0.4, -0.2) is 26.6 Å². The van der Waals surface area contributed by atoms with Gasteiger partial charge in [0.05, 0.1) is 14.2 Å². The molecule has 2 aromatic rings. The second-order valence-electron chi connectivity index (χ2n) is 5.38. The predicted octanol–water partition coefficient (Wildman–Crippen LogP) is 4.55. The van der Waals surface area contributed by atoms with Crippen LogP contribution in [-0.2, 0) is 0 Å². The van der Waals surface area contributed by atoms with Crippen LogP contribution in [0, 0.1) is 0 Å². The number of carbonyl (C=O) groups is 1. The number of benzene rings is 2. The first-order chi connectivity index (χ1) is 12.1. The fourth-order valence-electron chi connectivity index (χ4n) is 2.35. The van der Waals surface area contributed by atoms with E-state index in [1.807, 2.05) is 19.1 Å². The smallest absolute Gasteiger partial charge is 0.186 e. The molecular formula is C21H22O4. The van der Waals surface area contributed by atoms with Crippen molar-refractivity contribution in [2.24, 2.45) is 0 Å². The third-order valence-electron chi connectivity index (χ3n) is 3.69. The monoisotopic (exact) mass is 338 g/mol. The summed E-state index contributed by atoms with van der Waals surface area (Å²) < 4.78 is 16.0. The second kappa shape index (κ2) is 8.73. The van der Waals surface area contributed by atoms with Crippen LogP contribution in [0.2, 0.25) is 0 Å². The molecule has 4 heteroatoms. The largest absolute Gasteiger partial charge is 0.497 e. The molecule has 25 heavy (non-hydrogen) atoms. The van der Waals surface area contributed by atoms with Gasteiger partial charge in [0.15, 0.2) is 5.78 Å². The molecule has 0 saturated heterocycles. The van der Waals surface area contributed by atoms with Crippen LogP contribution in [0.3, 0.4) is 0 Å². The summed E-state index contributed by atoms with van der Waals surface area (Å²) in [7, 11) is 3.19. The Hall–Kier alpha value is -3.01. The number of methoxy groups -OCH3 is 2. The van der Waals surface area contributed by atoms with Gasteiger partial charge in [-0.1, -0.05) is 12.7 Å². The van der Waals surface area contributed by atoms with Crippen molar-refractivity contribution in [2.45, 2.75) is 6.92 Å². The first-order valence-corrected chi connectivity index (χ1v) is 7.87. The molecule has 0 radical (unpaired) electrons. The minimum atomic E-state index is -0.0781. The van der Waals surface area contributed by atoms with Gasteiger partial charge in [0.25, 0.3) is 0 Å². The van der Waals surface area contributed by atoms with Gasteiger partial charge >= 0.3 is 0 Å². The summed E-state index contributed by atoms with van der Waals surface area (Å²) in [5.41, 5.74) is 2.26. The summed E-state index contributed by atoms with van der Waals surface area (Å²) in [5.74, 6) is 1.99. The minimum Gasteiger partial charge on any atom is -0.497 e. The third kappa shape index (κ3) is 4.73. The standard InChI is InChI=1S/C21H22O4/c1-5-12-25-17-8-6-16(7-9-17)20(22)13-15(2)19-11-10-18(23-3)14-21(19)24-4/h5-11,13-14H,1,12H2,2-4H3. The molecule has 0 amide bonds. The molecule has 0 spiro atoms. The van der Waals surface area contributed by atoms with Crippen molar-refractivity contribution in [1.82, 2.24) is 0 Å². The zero-order valence-corrected chi connectivity index (χ0v) is 14.7. The molecule has 0 aromatic heterocycles. The molecule has 0 heterocycles. The predicted molar refractivity (Wildman–Crippen MR) is 99.7 cm³/mol. The van der Waals surface area contributed by atoms with E-state index < -0.39 is 0 Å². The highest BCUT2D eigenvalue weighted by Gasteiger charge is 2.10. The average Bonchev–Trinajstić information content (AvgIpc) is 2.65. The van der Waals surface area contributed by atoms with Crippen molar-refractivity contribution in [3.63, 3.8) is 0 Å². The van der Waals surface area contributed by atoms with Gasteiger partial charge in [0, 0.05) is 17.2 Å². The lowest BCUT2D eigenvalue weighted by Crippen LogP contribution is -1.98. The van der Waals surface area contributed by atoms with Crippen LogP contribution in [0.4, 0.5) is 0 Å².